The molecule has 1 N–H and O–H groups in total. The van der Waals surface area contributed by atoms with E-state index < -0.39 is 30.1 Å². The average molecular weight is 290 g/mol. The van der Waals surface area contributed by atoms with Gasteiger partial charge in [0.1, 0.15) is 5.82 Å². The number of amides is 1. The highest BCUT2D eigenvalue weighted by Crippen LogP contribution is 2.17. The predicted molar refractivity (Wildman–Crippen MR) is 62.7 cm³/mol. The maximum Gasteiger partial charge on any atom is 0.450 e. The van der Waals surface area contributed by atoms with Crippen molar-refractivity contribution in [3.8, 4) is 0 Å². The molecule has 0 saturated carbocycles. The van der Waals surface area contributed by atoms with Crippen LogP contribution in [0.25, 0.3) is 0 Å². The van der Waals surface area contributed by atoms with E-state index >= 15 is 0 Å². The fourth-order valence-electron chi connectivity index (χ4n) is 1.18. The number of carbonyl (C=O) groups is 2. The fourth-order valence-corrected chi connectivity index (χ4v) is 1.18. The molecule has 1 rings (SSSR count). The van der Waals surface area contributed by atoms with Gasteiger partial charge >= 0.3 is 6.18 Å². The summed E-state index contributed by atoms with van der Waals surface area (Å²) < 4.78 is 48.6. The SMILES string of the molecule is CC(CC(=O)C(F)(F)F)=NNC(=O)c1ccc(F)cc1. The van der Waals surface area contributed by atoms with Crippen LogP contribution in [-0.2, 0) is 4.79 Å². The zero-order valence-electron chi connectivity index (χ0n) is 10.3. The predicted octanol–water partition coefficient (Wildman–Crippen LogP) is 2.45. The van der Waals surface area contributed by atoms with Crippen molar-refractivity contribution in [3.63, 3.8) is 0 Å². The third kappa shape index (κ3) is 4.79. The van der Waals surface area contributed by atoms with Gasteiger partial charge in [-0.3, -0.25) is 9.59 Å². The van der Waals surface area contributed by atoms with Crippen molar-refractivity contribution in [2.75, 3.05) is 0 Å². The second-order valence-corrected chi connectivity index (χ2v) is 3.89. The Morgan fingerprint density at radius 2 is 1.75 bits per heavy atom. The summed E-state index contributed by atoms with van der Waals surface area (Å²) in [5.74, 6) is -3.20. The summed E-state index contributed by atoms with van der Waals surface area (Å²) in [7, 11) is 0. The lowest BCUT2D eigenvalue weighted by Gasteiger charge is -2.05. The van der Waals surface area contributed by atoms with Gasteiger partial charge in [-0.1, -0.05) is 0 Å². The fraction of sp³-hybridized carbons (Fsp3) is 0.250. The highest BCUT2D eigenvalue weighted by Gasteiger charge is 2.37. The van der Waals surface area contributed by atoms with Crippen LogP contribution in [0.4, 0.5) is 17.6 Å². The average Bonchev–Trinajstić information content (AvgIpc) is 2.35. The van der Waals surface area contributed by atoms with E-state index in [1.807, 2.05) is 5.43 Å². The van der Waals surface area contributed by atoms with Gasteiger partial charge in [0.05, 0.1) is 6.42 Å². The van der Waals surface area contributed by atoms with Crippen LogP contribution in [0.1, 0.15) is 23.7 Å². The molecule has 8 heteroatoms. The second-order valence-electron chi connectivity index (χ2n) is 3.89. The van der Waals surface area contributed by atoms with Crippen molar-refractivity contribution in [2.24, 2.45) is 5.10 Å². The third-order valence-corrected chi connectivity index (χ3v) is 2.19. The van der Waals surface area contributed by atoms with Crippen molar-refractivity contribution in [2.45, 2.75) is 19.5 Å². The minimum atomic E-state index is -4.93. The maximum absolute atomic E-state index is 12.6. The highest BCUT2D eigenvalue weighted by atomic mass is 19.4. The monoisotopic (exact) mass is 290 g/mol. The molecule has 1 aromatic rings. The number of hydrogen-bond acceptors (Lipinski definition) is 3. The van der Waals surface area contributed by atoms with Gasteiger partial charge in [-0.2, -0.15) is 18.3 Å². The van der Waals surface area contributed by atoms with Crippen LogP contribution in [0.5, 0.6) is 0 Å². The Kier molecular flexibility index (Phi) is 4.95. The van der Waals surface area contributed by atoms with Crippen LogP contribution in [-0.4, -0.2) is 23.6 Å². The number of carbonyl (C=O) groups excluding carboxylic acids is 2. The summed E-state index contributed by atoms with van der Waals surface area (Å²) in [6.07, 6.45) is -5.87. The molecular formula is C12H10F4N2O2. The first-order chi connectivity index (χ1) is 9.20. The Hall–Kier alpha value is -2.25. The smallest absolute Gasteiger partial charge is 0.289 e. The molecule has 108 valence electrons. The Morgan fingerprint density at radius 3 is 2.25 bits per heavy atom. The topological polar surface area (TPSA) is 58.5 Å². The molecule has 0 aliphatic carbocycles. The van der Waals surface area contributed by atoms with Crippen LogP contribution in [0.3, 0.4) is 0 Å². The molecule has 1 aromatic carbocycles. The van der Waals surface area contributed by atoms with Crippen LogP contribution in [0.15, 0.2) is 29.4 Å². The quantitative estimate of drug-likeness (QED) is 0.526. The Morgan fingerprint density at radius 1 is 1.20 bits per heavy atom. The van der Waals surface area contributed by atoms with E-state index in [9.17, 15) is 27.2 Å². The lowest BCUT2D eigenvalue weighted by Crippen LogP contribution is -2.26. The third-order valence-electron chi connectivity index (χ3n) is 2.19. The molecule has 0 heterocycles. The van der Waals surface area contributed by atoms with E-state index in [1.165, 1.54) is 19.1 Å². The van der Waals surface area contributed by atoms with Crippen molar-refractivity contribution in [1.29, 1.82) is 0 Å². The summed E-state index contributed by atoms with van der Waals surface area (Å²) in [6.45, 7) is 1.18. The number of benzene rings is 1. The number of ketones is 1. The van der Waals surface area contributed by atoms with E-state index in [2.05, 4.69) is 5.10 Å². The van der Waals surface area contributed by atoms with Crippen LogP contribution in [0.2, 0.25) is 0 Å². The molecule has 0 bridgehead atoms. The highest BCUT2D eigenvalue weighted by molar-refractivity contribution is 6.03. The van der Waals surface area contributed by atoms with E-state index in [0.29, 0.717) is 0 Å². The van der Waals surface area contributed by atoms with Crippen molar-refractivity contribution in [1.82, 2.24) is 5.43 Å². The lowest BCUT2D eigenvalue weighted by atomic mass is 10.2. The summed E-state index contributed by atoms with van der Waals surface area (Å²) in [6, 6.07) is 4.49. The number of alkyl halides is 3. The summed E-state index contributed by atoms with van der Waals surface area (Å²) in [5, 5.41) is 3.38. The molecule has 0 aliphatic rings. The molecule has 0 fully saturated rings. The minimum Gasteiger partial charge on any atom is -0.289 e. The number of hydrogen-bond donors (Lipinski definition) is 1. The van der Waals surface area contributed by atoms with Gasteiger partial charge < -0.3 is 0 Å². The van der Waals surface area contributed by atoms with Crippen LogP contribution >= 0.6 is 0 Å². The van der Waals surface area contributed by atoms with Gasteiger partial charge in [-0.15, -0.1) is 0 Å². The minimum absolute atomic E-state index is 0.0881. The Labute approximate surface area is 111 Å². The molecule has 20 heavy (non-hydrogen) atoms. The van der Waals surface area contributed by atoms with Gasteiger partial charge in [-0.05, 0) is 31.2 Å². The molecular weight excluding hydrogens is 280 g/mol. The van der Waals surface area contributed by atoms with E-state index in [4.69, 9.17) is 0 Å². The van der Waals surface area contributed by atoms with Crippen LogP contribution < -0.4 is 5.43 Å². The molecule has 0 saturated heterocycles. The summed E-state index contributed by atoms with van der Waals surface area (Å²) >= 11 is 0. The molecule has 1 amide bonds. The van der Waals surface area contributed by atoms with Crippen molar-refractivity contribution >= 4 is 17.4 Å². The molecule has 0 atom stereocenters. The normalized spacial score (nSPS) is 12.2. The van der Waals surface area contributed by atoms with Crippen molar-refractivity contribution in [3.05, 3.63) is 35.6 Å². The molecule has 0 radical (unpaired) electrons. The van der Waals surface area contributed by atoms with Gasteiger partial charge in [0.25, 0.3) is 5.91 Å². The molecule has 0 spiro atoms. The zero-order valence-corrected chi connectivity index (χ0v) is 10.3. The number of nitrogens with zero attached hydrogens (tertiary/aromatic N) is 1. The summed E-state index contributed by atoms with van der Waals surface area (Å²) in [5.41, 5.74) is 1.88. The maximum atomic E-state index is 12.6. The number of rotatable bonds is 4. The number of Topliss-reactive ketones (excluding diaryl/α,β-unsaturated/α-hetero) is 1. The largest absolute Gasteiger partial charge is 0.450 e. The number of hydrazone groups is 1. The lowest BCUT2D eigenvalue weighted by molar-refractivity contribution is -0.169. The van der Waals surface area contributed by atoms with Gasteiger partial charge in [-0.25, -0.2) is 9.82 Å². The molecule has 4 nitrogen and oxygen atoms in total. The standard InChI is InChI=1S/C12H10F4N2O2/c1-7(6-10(19)12(14,15)16)17-18-11(20)8-2-4-9(13)5-3-8/h2-5H,6H2,1H3,(H,18,20). The van der Waals surface area contributed by atoms with E-state index in [1.54, 1.807) is 0 Å². The first-order valence-corrected chi connectivity index (χ1v) is 5.39. The van der Waals surface area contributed by atoms with Gasteiger partial charge in [0, 0.05) is 11.3 Å². The van der Waals surface area contributed by atoms with Gasteiger partial charge in [0.2, 0.25) is 5.78 Å². The number of nitrogens with one attached hydrogen (secondary N) is 1. The first-order valence-electron chi connectivity index (χ1n) is 5.39. The Bertz CT molecular complexity index is 535. The number of halogens is 4. The van der Waals surface area contributed by atoms with Crippen LogP contribution in [0, 0.1) is 5.82 Å². The summed E-state index contributed by atoms with van der Waals surface area (Å²) in [4.78, 5) is 22.2. The van der Waals surface area contributed by atoms with E-state index in [0.717, 1.165) is 12.1 Å². The first kappa shape index (κ1) is 15.8. The molecule has 0 aliphatic heterocycles. The van der Waals surface area contributed by atoms with E-state index in [-0.39, 0.29) is 11.3 Å². The molecule has 0 aromatic heterocycles. The second kappa shape index (κ2) is 6.27. The van der Waals surface area contributed by atoms with Gasteiger partial charge in [0.15, 0.2) is 0 Å². The zero-order chi connectivity index (χ0) is 15.3. The van der Waals surface area contributed by atoms with Crippen molar-refractivity contribution < 1.29 is 27.2 Å². The Balaban J connectivity index is 2.61. The molecule has 0 unspecified atom stereocenters.